The molecule has 3 aliphatic rings. The number of rotatable bonds is 3. The number of likely N-dealkylation sites (tertiary alicyclic amines) is 1. The fourth-order valence-electron chi connectivity index (χ4n) is 4.25. The maximum atomic E-state index is 9.74. The van der Waals surface area contributed by atoms with E-state index < -0.39 is 0 Å². The maximum absolute atomic E-state index is 9.74. The van der Waals surface area contributed by atoms with Gasteiger partial charge < -0.3 is 4.90 Å². The number of hydrogen-bond acceptors (Lipinski definition) is 3. The van der Waals surface area contributed by atoms with Crippen molar-refractivity contribution in [2.45, 2.75) is 89.3 Å². The molecule has 21 heavy (non-hydrogen) atoms. The van der Waals surface area contributed by atoms with Crippen LogP contribution < -0.4 is 5.32 Å². The quantitative estimate of drug-likeness (QED) is 0.865. The van der Waals surface area contributed by atoms with Gasteiger partial charge in [-0.25, -0.2) is 0 Å². The highest BCUT2D eigenvalue weighted by Gasteiger charge is 2.42. The van der Waals surface area contributed by atoms with Crippen LogP contribution in [0.4, 0.5) is 0 Å². The summed E-state index contributed by atoms with van der Waals surface area (Å²) in [4.78, 5) is 2.70. The predicted octanol–water partition coefficient (Wildman–Crippen LogP) is 3.46. The molecule has 3 fully saturated rings. The molecule has 1 heterocycles. The van der Waals surface area contributed by atoms with E-state index in [1.807, 2.05) is 0 Å². The molecule has 2 saturated carbocycles. The first-order valence-electron chi connectivity index (χ1n) is 8.95. The van der Waals surface area contributed by atoms with Gasteiger partial charge in [0.1, 0.15) is 5.54 Å². The molecule has 0 aromatic carbocycles. The van der Waals surface area contributed by atoms with Crippen LogP contribution in [0.1, 0.15) is 71.6 Å². The molecule has 1 aliphatic heterocycles. The lowest BCUT2D eigenvalue weighted by atomic mass is 9.79. The maximum Gasteiger partial charge on any atom is 0.108 e. The zero-order chi connectivity index (χ0) is 14.9. The van der Waals surface area contributed by atoms with Crippen LogP contribution >= 0.6 is 0 Å². The SMILES string of the molecule is CC1(C)CCCN(C2CCCC(C#N)(NC3CC3)C2)CC1. The molecule has 3 nitrogen and oxygen atoms in total. The van der Waals surface area contributed by atoms with Crippen molar-refractivity contribution in [3.63, 3.8) is 0 Å². The van der Waals surface area contributed by atoms with Crippen molar-refractivity contribution in [2.24, 2.45) is 5.41 Å². The third-order valence-corrected chi connectivity index (χ3v) is 5.89. The van der Waals surface area contributed by atoms with Crippen LogP contribution in [0.15, 0.2) is 0 Å². The van der Waals surface area contributed by atoms with E-state index >= 15 is 0 Å². The summed E-state index contributed by atoms with van der Waals surface area (Å²) >= 11 is 0. The minimum absolute atomic E-state index is 0.230. The van der Waals surface area contributed by atoms with Gasteiger partial charge in [0.2, 0.25) is 0 Å². The minimum atomic E-state index is -0.230. The van der Waals surface area contributed by atoms with E-state index in [0.29, 0.717) is 17.5 Å². The molecule has 0 spiro atoms. The monoisotopic (exact) mass is 289 g/mol. The van der Waals surface area contributed by atoms with Crippen LogP contribution in [0.25, 0.3) is 0 Å². The Labute approximate surface area is 130 Å². The van der Waals surface area contributed by atoms with E-state index in [0.717, 1.165) is 12.8 Å². The van der Waals surface area contributed by atoms with Crippen LogP contribution in [0.2, 0.25) is 0 Å². The Morgan fingerprint density at radius 3 is 2.57 bits per heavy atom. The second-order valence-electron chi connectivity index (χ2n) is 8.42. The lowest BCUT2D eigenvalue weighted by Crippen LogP contribution is -2.53. The summed E-state index contributed by atoms with van der Waals surface area (Å²) < 4.78 is 0. The highest BCUT2D eigenvalue weighted by Crippen LogP contribution is 2.37. The molecule has 1 N–H and O–H groups in total. The Morgan fingerprint density at radius 1 is 1.05 bits per heavy atom. The van der Waals surface area contributed by atoms with Gasteiger partial charge in [-0.1, -0.05) is 13.8 Å². The van der Waals surface area contributed by atoms with Crippen molar-refractivity contribution in [3.05, 3.63) is 0 Å². The lowest BCUT2D eigenvalue weighted by Gasteiger charge is -2.41. The molecule has 0 aromatic rings. The standard InChI is InChI=1S/C18H31N3/c1-17(2)8-4-11-21(12-10-17)16-5-3-9-18(13-16,14-19)20-15-6-7-15/h15-16,20H,3-13H2,1-2H3. The van der Waals surface area contributed by atoms with Crippen LogP contribution in [0, 0.1) is 16.7 Å². The van der Waals surface area contributed by atoms with E-state index in [1.54, 1.807) is 0 Å². The number of nitriles is 1. The zero-order valence-corrected chi connectivity index (χ0v) is 13.8. The second kappa shape index (κ2) is 5.89. The first kappa shape index (κ1) is 15.3. The molecule has 2 atom stereocenters. The summed E-state index contributed by atoms with van der Waals surface area (Å²) in [7, 11) is 0. The van der Waals surface area contributed by atoms with Crippen molar-refractivity contribution >= 4 is 0 Å². The number of hydrogen-bond donors (Lipinski definition) is 1. The molecule has 2 unspecified atom stereocenters. The number of nitrogens with zero attached hydrogens (tertiary/aromatic N) is 2. The smallest absolute Gasteiger partial charge is 0.108 e. The molecule has 0 amide bonds. The Kier molecular flexibility index (Phi) is 4.30. The number of nitrogens with one attached hydrogen (secondary N) is 1. The van der Waals surface area contributed by atoms with Gasteiger partial charge in [-0.05, 0) is 76.3 Å². The van der Waals surface area contributed by atoms with E-state index in [4.69, 9.17) is 0 Å². The highest BCUT2D eigenvalue weighted by atomic mass is 15.2. The Balaban J connectivity index is 1.63. The topological polar surface area (TPSA) is 39.1 Å². The molecule has 1 saturated heterocycles. The molecule has 0 bridgehead atoms. The van der Waals surface area contributed by atoms with Crippen molar-refractivity contribution in [3.8, 4) is 6.07 Å². The minimum Gasteiger partial charge on any atom is -0.300 e. The Bertz CT molecular complexity index is 407. The Hall–Kier alpha value is -0.590. The predicted molar refractivity (Wildman–Crippen MR) is 86.0 cm³/mol. The van der Waals surface area contributed by atoms with Crippen LogP contribution in [-0.2, 0) is 0 Å². The Morgan fingerprint density at radius 2 is 1.86 bits per heavy atom. The van der Waals surface area contributed by atoms with Crippen LogP contribution in [0.3, 0.4) is 0 Å². The largest absolute Gasteiger partial charge is 0.300 e. The van der Waals surface area contributed by atoms with Crippen molar-refractivity contribution in [2.75, 3.05) is 13.1 Å². The molecular formula is C18H31N3. The summed E-state index contributed by atoms with van der Waals surface area (Å²) in [5.74, 6) is 0. The molecular weight excluding hydrogens is 258 g/mol. The summed E-state index contributed by atoms with van der Waals surface area (Å²) in [5, 5.41) is 13.4. The average Bonchev–Trinajstić information content (AvgIpc) is 3.27. The molecule has 0 aromatic heterocycles. The summed E-state index contributed by atoms with van der Waals surface area (Å²) in [6.45, 7) is 7.28. The fourth-order valence-corrected chi connectivity index (χ4v) is 4.25. The van der Waals surface area contributed by atoms with Gasteiger partial charge in [0.05, 0.1) is 6.07 Å². The average molecular weight is 289 g/mol. The molecule has 118 valence electrons. The first-order valence-corrected chi connectivity index (χ1v) is 8.95. The van der Waals surface area contributed by atoms with Crippen molar-refractivity contribution in [1.29, 1.82) is 5.26 Å². The second-order valence-corrected chi connectivity index (χ2v) is 8.42. The zero-order valence-electron chi connectivity index (χ0n) is 13.8. The molecule has 3 heteroatoms. The van der Waals surface area contributed by atoms with Gasteiger partial charge >= 0.3 is 0 Å². The first-order chi connectivity index (χ1) is 10.0. The van der Waals surface area contributed by atoms with Crippen molar-refractivity contribution in [1.82, 2.24) is 10.2 Å². The van der Waals surface area contributed by atoms with Crippen molar-refractivity contribution < 1.29 is 0 Å². The summed E-state index contributed by atoms with van der Waals surface area (Å²) in [5.41, 5.74) is 0.272. The molecule has 0 radical (unpaired) electrons. The fraction of sp³-hybridized carbons (Fsp3) is 0.944. The van der Waals surface area contributed by atoms with Gasteiger partial charge in [-0.3, -0.25) is 5.32 Å². The van der Waals surface area contributed by atoms with Gasteiger partial charge in [-0.2, -0.15) is 5.26 Å². The van der Waals surface area contributed by atoms with Crippen LogP contribution in [-0.4, -0.2) is 35.6 Å². The van der Waals surface area contributed by atoms with E-state index in [-0.39, 0.29) is 5.54 Å². The van der Waals surface area contributed by atoms with Gasteiger partial charge in [0.15, 0.2) is 0 Å². The van der Waals surface area contributed by atoms with Gasteiger partial charge in [-0.15, -0.1) is 0 Å². The van der Waals surface area contributed by atoms with Gasteiger partial charge in [0, 0.05) is 12.1 Å². The molecule has 2 aliphatic carbocycles. The van der Waals surface area contributed by atoms with Crippen LogP contribution in [0.5, 0.6) is 0 Å². The molecule has 3 rings (SSSR count). The van der Waals surface area contributed by atoms with E-state index in [9.17, 15) is 5.26 Å². The van der Waals surface area contributed by atoms with Gasteiger partial charge in [0.25, 0.3) is 0 Å². The summed E-state index contributed by atoms with van der Waals surface area (Å²) in [6.07, 6.45) is 11.1. The normalized spacial score (nSPS) is 37.7. The summed E-state index contributed by atoms with van der Waals surface area (Å²) in [6, 6.07) is 3.91. The van der Waals surface area contributed by atoms with E-state index in [1.165, 1.54) is 58.0 Å². The third-order valence-electron chi connectivity index (χ3n) is 5.89. The lowest BCUT2D eigenvalue weighted by molar-refractivity contribution is 0.119. The highest BCUT2D eigenvalue weighted by molar-refractivity contribution is 5.13. The third kappa shape index (κ3) is 3.79. The van der Waals surface area contributed by atoms with E-state index in [2.05, 4.69) is 30.1 Å².